The van der Waals surface area contributed by atoms with Crippen molar-refractivity contribution in [2.24, 2.45) is 0 Å². The van der Waals surface area contributed by atoms with Gasteiger partial charge in [-0.25, -0.2) is 0 Å². The number of benzene rings is 2. The first-order valence-electron chi connectivity index (χ1n) is 8.37. The number of hydrogen-bond acceptors (Lipinski definition) is 3. The summed E-state index contributed by atoms with van der Waals surface area (Å²) in [6.07, 6.45) is 4.58. The Morgan fingerprint density at radius 1 is 1.08 bits per heavy atom. The van der Waals surface area contributed by atoms with Crippen molar-refractivity contribution in [3.05, 3.63) is 84.6 Å². The normalized spacial score (nSPS) is 9.85. The fraction of sp³-hybridized carbons (Fsp3) is 0.182. The minimum atomic E-state index is -0.168. The van der Waals surface area contributed by atoms with Crippen molar-refractivity contribution in [1.82, 2.24) is 0 Å². The zero-order valence-corrected chi connectivity index (χ0v) is 15.8. The average molecular weight is 350 g/mol. The highest BCUT2D eigenvalue weighted by atomic mass is 16.2. The molecule has 1 N–H and O–H groups in total. The number of anilines is 2. The number of rotatable bonds is 5. The number of aryl methyl sites for hydroxylation is 1. The van der Waals surface area contributed by atoms with Crippen LogP contribution in [0, 0.1) is 6.92 Å². The number of ketones is 1. The summed E-state index contributed by atoms with van der Waals surface area (Å²) in [4.78, 5) is 24.2. The van der Waals surface area contributed by atoms with E-state index in [2.05, 4.69) is 31.0 Å². The highest BCUT2D eigenvalue weighted by molar-refractivity contribution is 6.03. The third-order valence-corrected chi connectivity index (χ3v) is 3.70. The van der Waals surface area contributed by atoms with Gasteiger partial charge in [0, 0.05) is 30.2 Å². The molecule has 0 bridgehead atoms. The van der Waals surface area contributed by atoms with Crippen LogP contribution in [0.25, 0.3) is 0 Å². The Balaban J connectivity index is 0.000000314. The van der Waals surface area contributed by atoms with Crippen LogP contribution in [0.1, 0.15) is 29.8 Å². The molecule has 4 nitrogen and oxygen atoms in total. The monoisotopic (exact) mass is 350 g/mol. The molecule has 0 radical (unpaired) electrons. The molecule has 0 aliphatic rings. The lowest BCUT2D eigenvalue weighted by molar-refractivity contribution is -0.113. The van der Waals surface area contributed by atoms with Gasteiger partial charge in [-0.15, -0.1) is 0 Å². The molecule has 136 valence electrons. The van der Waals surface area contributed by atoms with Crippen LogP contribution in [0.4, 0.5) is 11.4 Å². The van der Waals surface area contributed by atoms with Crippen LogP contribution < -0.4 is 10.2 Å². The highest BCUT2D eigenvalue weighted by Gasteiger charge is 2.09. The standard InChI is InChI=1S/C14H15NO2.C8H11N/c1-4-6-14(17)15(5-2)13-9-7-12(8-10-13)11(3)16;1-7-5-3-4-6-8(7)9-2/h4-10H,2H2,1,3H3;3-6,9H,1-2H3/b6-4-;. The molecule has 2 aromatic carbocycles. The van der Waals surface area contributed by atoms with Crippen molar-refractivity contribution in [1.29, 1.82) is 0 Å². The van der Waals surface area contributed by atoms with Gasteiger partial charge in [-0.05, 0) is 62.7 Å². The van der Waals surface area contributed by atoms with E-state index in [0.29, 0.717) is 11.3 Å². The molecular formula is C22H26N2O2. The highest BCUT2D eigenvalue weighted by Crippen LogP contribution is 2.16. The molecule has 4 heteroatoms. The second kappa shape index (κ2) is 10.7. The van der Waals surface area contributed by atoms with Crippen LogP contribution in [0.3, 0.4) is 0 Å². The van der Waals surface area contributed by atoms with Crippen LogP contribution in [0.15, 0.2) is 73.5 Å². The van der Waals surface area contributed by atoms with Crippen LogP contribution >= 0.6 is 0 Å². The Morgan fingerprint density at radius 3 is 2.12 bits per heavy atom. The topological polar surface area (TPSA) is 49.4 Å². The molecule has 26 heavy (non-hydrogen) atoms. The zero-order valence-electron chi connectivity index (χ0n) is 15.8. The van der Waals surface area contributed by atoms with Gasteiger partial charge < -0.3 is 5.32 Å². The lowest BCUT2D eigenvalue weighted by atomic mass is 10.1. The first-order chi connectivity index (χ1) is 12.4. The van der Waals surface area contributed by atoms with E-state index < -0.39 is 0 Å². The molecule has 0 atom stereocenters. The number of Topliss-reactive ketones (excluding diaryl/α,β-unsaturated/α-hetero) is 1. The third kappa shape index (κ3) is 6.06. The summed E-state index contributed by atoms with van der Waals surface area (Å²) < 4.78 is 0. The second-order valence-electron chi connectivity index (χ2n) is 5.56. The molecular weight excluding hydrogens is 324 g/mol. The van der Waals surface area contributed by atoms with Gasteiger partial charge in [0.05, 0.1) is 0 Å². The maximum absolute atomic E-state index is 11.7. The quantitative estimate of drug-likeness (QED) is 0.611. The second-order valence-corrected chi connectivity index (χ2v) is 5.56. The minimum Gasteiger partial charge on any atom is -0.388 e. The predicted octanol–water partition coefficient (Wildman–Crippen LogP) is 4.98. The molecule has 0 saturated heterocycles. The van der Waals surface area contributed by atoms with Gasteiger partial charge in [0.2, 0.25) is 0 Å². The first kappa shape index (κ1) is 20.9. The largest absolute Gasteiger partial charge is 0.388 e. The number of para-hydroxylation sites is 1. The maximum atomic E-state index is 11.7. The van der Waals surface area contributed by atoms with Crippen molar-refractivity contribution in [3.8, 4) is 0 Å². The molecule has 0 unspecified atom stereocenters. The summed E-state index contributed by atoms with van der Waals surface area (Å²) in [5, 5.41) is 3.10. The lowest BCUT2D eigenvalue weighted by Gasteiger charge is -2.16. The summed E-state index contributed by atoms with van der Waals surface area (Å²) >= 11 is 0. The van der Waals surface area contributed by atoms with Gasteiger partial charge >= 0.3 is 0 Å². The SMILES string of the molecule is C=CN(C(=O)/C=C\C)c1ccc(C(C)=O)cc1.CNc1ccccc1C. The number of nitrogens with one attached hydrogen (secondary N) is 1. The Morgan fingerprint density at radius 2 is 1.69 bits per heavy atom. The van der Waals surface area contributed by atoms with Crippen molar-refractivity contribution >= 4 is 23.1 Å². The van der Waals surface area contributed by atoms with Gasteiger partial charge in [0.15, 0.2) is 5.78 Å². The number of hydrogen-bond donors (Lipinski definition) is 1. The number of nitrogens with zero attached hydrogens (tertiary/aromatic N) is 1. The van der Waals surface area contributed by atoms with Gasteiger partial charge in [-0.3, -0.25) is 14.5 Å². The van der Waals surface area contributed by atoms with Crippen LogP contribution in [-0.4, -0.2) is 18.7 Å². The van der Waals surface area contributed by atoms with E-state index in [9.17, 15) is 9.59 Å². The van der Waals surface area contributed by atoms with E-state index in [1.807, 2.05) is 19.2 Å². The summed E-state index contributed by atoms with van der Waals surface area (Å²) in [5.74, 6) is -0.167. The van der Waals surface area contributed by atoms with Gasteiger partial charge in [-0.1, -0.05) is 30.9 Å². The average Bonchev–Trinajstić information content (AvgIpc) is 2.64. The minimum absolute atomic E-state index is 0.00137. The molecule has 0 saturated carbocycles. The number of allylic oxidation sites excluding steroid dienone is 1. The Hall–Kier alpha value is -3.14. The Labute approximate surface area is 155 Å². The molecule has 2 rings (SSSR count). The first-order valence-corrected chi connectivity index (χ1v) is 8.37. The summed E-state index contributed by atoms with van der Waals surface area (Å²) in [6, 6.07) is 15.0. The van der Waals surface area contributed by atoms with E-state index in [4.69, 9.17) is 0 Å². The van der Waals surface area contributed by atoms with E-state index in [0.717, 1.165) is 0 Å². The Bertz CT molecular complexity index is 777. The van der Waals surface area contributed by atoms with E-state index in [-0.39, 0.29) is 11.7 Å². The van der Waals surface area contributed by atoms with Crippen molar-refractivity contribution in [2.45, 2.75) is 20.8 Å². The van der Waals surface area contributed by atoms with Crippen molar-refractivity contribution in [3.63, 3.8) is 0 Å². The smallest absolute Gasteiger partial charge is 0.254 e. The van der Waals surface area contributed by atoms with Crippen LogP contribution in [0.2, 0.25) is 0 Å². The molecule has 0 spiro atoms. The molecule has 2 aromatic rings. The number of carbonyl (C=O) groups is 2. The number of amides is 1. The third-order valence-electron chi connectivity index (χ3n) is 3.70. The fourth-order valence-electron chi connectivity index (χ4n) is 2.26. The summed E-state index contributed by atoms with van der Waals surface area (Å²) in [6.45, 7) is 8.97. The summed E-state index contributed by atoms with van der Waals surface area (Å²) in [7, 11) is 1.93. The molecule has 0 fully saturated rings. The van der Waals surface area contributed by atoms with Gasteiger partial charge in [0.1, 0.15) is 0 Å². The molecule has 0 aromatic heterocycles. The van der Waals surface area contributed by atoms with E-state index in [1.165, 1.54) is 35.4 Å². The summed E-state index contributed by atoms with van der Waals surface area (Å²) in [5.41, 5.74) is 3.81. The number of carbonyl (C=O) groups excluding carboxylic acids is 2. The lowest BCUT2D eigenvalue weighted by Crippen LogP contribution is -2.22. The van der Waals surface area contributed by atoms with Crippen molar-refractivity contribution in [2.75, 3.05) is 17.3 Å². The predicted molar refractivity (Wildman–Crippen MR) is 110 cm³/mol. The molecule has 0 aliphatic heterocycles. The van der Waals surface area contributed by atoms with Crippen LogP contribution in [-0.2, 0) is 4.79 Å². The van der Waals surface area contributed by atoms with Gasteiger partial charge in [-0.2, -0.15) is 0 Å². The van der Waals surface area contributed by atoms with E-state index in [1.54, 1.807) is 37.3 Å². The molecule has 0 aliphatic carbocycles. The van der Waals surface area contributed by atoms with Crippen molar-refractivity contribution < 1.29 is 9.59 Å². The zero-order chi connectivity index (χ0) is 19.5. The molecule has 0 heterocycles. The maximum Gasteiger partial charge on any atom is 0.254 e. The Kier molecular flexibility index (Phi) is 8.58. The van der Waals surface area contributed by atoms with Crippen LogP contribution in [0.5, 0.6) is 0 Å². The molecule has 1 amide bonds. The van der Waals surface area contributed by atoms with Gasteiger partial charge in [0.25, 0.3) is 5.91 Å². The van der Waals surface area contributed by atoms with E-state index >= 15 is 0 Å². The fourth-order valence-corrected chi connectivity index (χ4v) is 2.26.